The van der Waals surface area contributed by atoms with Gasteiger partial charge in [0, 0.05) is 49.9 Å². The highest BCUT2D eigenvalue weighted by Crippen LogP contribution is 2.43. The molecule has 2 aromatic heterocycles. The van der Waals surface area contributed by atoms with Crippen LogP contribution in [0.15, 0.2) is 36.7 Å². The molecule has 7 nitrogen and oxygen atoms in total. The molecule has 4 aliphatic rings. The van der Waals surface area contributed by atoms with E-state index in [2.05, 4.69) is 29.2 Å². The zero-order valence-corrected chi connectivity index (χ0v) is 20.9. The lowest BCUT2D eigenvalue weighted by Gasteiger charge is -2.40. The predicted molar refractivity (Wildman–Crippen MR) is 138 cm³/mol. The molecule has 2 saturated carbocycles. The van der Waals surface area contributed by atoms with Crippen molar-refractivity contribution >= 4 is 5.91 Å². The van der Waals surface area contributed by atoms with Gasteiger partial charge in [-0.05, 0) is 49.7 Å². The number of piperazine rings is 1. The number of nitrogens with zero attached hydrogens (tertiary/aromatic N) is 6. The number of aryl methyl sites for hydroxylation is 2. The normalized spacial score (nSPS) is 20.7. The standard InChI is InChI=1S/C29H34N6O/c36-28(34-16-14-33(15-17-34)23-7-2-1-3-8-23)25-19-31-35(27(25)21-11-12-21)29-30-18-22-13-10-20-6-4-5-9-24(20)26(22)32-29/h4-6,9,18-19,21,23H,1-3,7-8,10-17H2. The van der Waals surface area contributed by atoms with E-state index in [-0.39, 0.29) is 5.91 Å². The maximum atomic E-state index is 13.7. The lowest BCUT2D eigenvalue weighted by atomic mass is 9.90. The summed E-state index contributed by atoms with van der Waals surface area (Å²) in [6.45, 7) is 3.57. The Kier molecular flexibility index (Phi) is 5.61. The molecular weight excluding hydrogens is 448 g/mol. The van der Waals surface area contributed by atoms with Crippen molar-refractivity contribution in [1.29, 1.82) is 0 Å². The highest BCUT2D eigenvalue weighted by atomic mass is 16.2. The molecule has 0 atom stereocenters. The van der Waals surface area contributed by atoms with Gasteiger partial charge in [-0.3, -0.25) is 9.69 Å². The lowest BCUT2D eigenvalue weighted by molar-refractivity contribution is 0.0522. The number of benzene rings is 1. The molecule has 3 aromatic rings. The molecule has 0 spiro atoms. The first-order chi connectivity index (χ1) is 17.8. The molecule has 0 radical (unpaired) electrons. The maximum Gasteiger partial charge on any atom is 0.257 e. The average molecular weight is 483 g/mol. The fraction of sp³-hybridized carbons (Fsp3) is 0.517. The minimum absolute atomic E-state index is 0.120. The largest absolute Gasteiger partial charge is 0.336 e. The fourth-order valence-corrected chi connectivity index (χ4v) is 6.49. The van der Waals surface area contributed by atoms with Crippen LogP contribution in [0.4, 0.5) is 0 Å². The van der Waals surface area contributed by atoms with E-state index in [1.165, 1.54) is 48.8 Å². The maximum absolute atomic E-state index is 13.7. The molecule has 3 fully saturated rings. The summed E-state index contributed by atoms with van der Waals surface area (Å²) >= 11 is 0. The fourth-order valence-electron chi connectivity index (χ4n) is 6.49. The van der Waals surface area contributed by atoms with Gasteiger partial charge in [0.25, 0.3) is 11.9 Å². The lowest BCUT2D eigenvalue weighted by Crippen LogP contribution is -2.52. The van der Waals surface area contributed by atoms with Gasteiger partial charge in [-0.1, -0.05) is 43.5 Å². The van der Waals surface area contributed by atoms with E-state index in [1.54, 1.807) is 6.20 Å². The van der Waals surface area contributed by atoms with Gasteiger partial charge in [0.2, 0.25) is 0 Å². The van der Waals surface area contributed by atoms with Crippen LogP contribution in [0.25, 0.3) is 17.2 Å². The molecule has 186 valence electrons. The Bertz CT molecular complexity index is 1280. The van der Waals surface area contributed by atoms with Crippen LogP contribution >= 0.6 is 0 Å². The quantitative estimate of drug-likeness (QED) is 0.552. The Morgan fingerprint density at radius 1 is 0.861 bits per heavy atom. The summed E-state index contributed by atoms with van der Waals surface area (Å²) < 4.78 is 1.85. The van der Waals surface area contributed by atoms with Gasteiger partial charge in [-0.25, -0.2) is 14.6 Å². The Labute approximate surface area is 212 Å². The van der Waals surface area contributed by atoms with Crippen molar-refractivity contribution in [2.45, 2.75) is 69.7 Å². The van der Waals surface area contributed by atoms with Crippen molar-refractivity contribution in [2.75, 3.05) is 26.2 Å². The van der Waals surface area contributed by atoms with Crippen LogP contribution < -0.4 is 0 Å². The highest BCUT2D eigenvalue weighted by molar-refractivity contribution is 5.95. The number of rotatable bonds is 4. The second-order valence-corrected chi connectivity index (χ2v) is 11.0. The number of amides is 1. The van der Waals surface area contributed by atoms with E-state index >= 15 is 0 Å². The summed E-state index contributed by atoms with van der Waals surface area (Å²) in [5.41, 5.74) is 6.45. The van der Waals surface area contributed by atoms with E-state index < -0.39 is 0 Å². The topological polar surface area (TPSA) is 67.2 Å². The second-order valence-electron chi connectivity index (χ2n) is 11.0. The first kappa shape index (κ1) is 22.2. The van der Waals surface area contributed by atoms with Crippen LogP contribution in [-0.2, 0) is 12.8 Å². The molecule has 1 saturated heterocycles. The number of carbonyl (C=O) groups is 1. The summed E-state index contributed by atoms with van der Waals surface area (Å²) in [6, 6.07) is 9.22. The third-order valence-corrected chi connectivity index (χ3v) is 8.67. The van der Waals surface area contributed by atoms with E-state index in [0.29, 0.717) is 17.9 Å². The molecule has 7 rings (SSSR count). The number of fused-ring (bicyclic) bond motifs is 3. The van der Waals surface area contributed by atoms with Crippen LogP contribution in [0.5, 0.6) is 0 Å². The van der Waals surface area contributed by atoms with Crippen LogP contribution in [-0.4, -0.2) is 67.7 Å². The van der Waals surface area contributed by atoms with Crippen LogP contribution in [0.3, 0.4) is 0 Å². The summed E-state index contributed by atoms with van der Waals surface area (Å²) in [6.07, 6.45) is 14.6. The molecular formula is C29H34N6O. The van der Waals surface area contributed by atoms with Crippen molar-refractivity contribution in [3.8, 4) is 17.2 Å². The van der Waals surface area contributed by atoms with Crippen molar-refractivity contribution in [2.24, 2.45) is 0 Å². The molecule has 3 heterocycles. The van der Waals surface area contributed by atoms with Gasteiger partial charge in [0.1, 0.15) is 0 Å². The molecule has 0 bridgehead atoms. The molecule has 7 heteroatoms. The molecule has 1 amide bonds. The molecule has 1 aromatic carbocycles. The van der Waals surface area contributed by atoms with E-state index in [0.717, 1.165) is 68.8 Å². The average Bonchev–Trinajstić information content (AvgIpc) is 3.70. The zero-order chi connectivity index (χ0) is 24.1. The van der Waals surface area contributed by atoms with Gasteiger partial charge >= 0.3 is 0 Å². The highest BCUT2D eigenvalue weighted by Gasteiger charge is 2.36. The van der Waals surface area contributed by atoms with Crippen LogP contribution in [0, 0.1) is 0 Å². The van der Waals surface area contributed by atoms with E-state index in [9.17, 15) is 4.79 Å². The molecule has 0 unspecified atom stereocenters. The van der Waals surface area contributed by atoms with Crippen molar-refractivity contribution in [1.82, 2.24) is 29.5 Å². The predicted octanol–water partition coefficient (Wildman–Crippen LogP) is 4.40. The summed E-state index contributed by atoms with van der Waals surface area (Å²) in [5.74, 6) is 1.06. The minimum atomic E-state index is 0.120. The molecule has 3 aliphatic carbocycles. The molecule has 0 N–H and O–H groups in total. The Hall–Kier alpha value is -3.06. The van der Waals surface area contributed by atoms with Gasteiger partial charge < -0.3 is 4.90 Å². The third-order valence-electron chi connectivity index (χ3n) is 8.67. The van der Waals surface area contributed by atoms with Gasteiger partial charge in [0.15, 0.2) is 0 Å². The van der Waals surface area contributed by atoms with Crippen LogP contribution in [0.2, 0.25) is 0 Å². The number of aromatic nitrogens is 4. The summed E-state index contributed by atoms with van der Waals surface area (Å²) in [7, 11) is 0. The van der Waals surface area contributed by atoms with Crippen molar-refractivity contribution in [3.05, 3.63) is 59.0 Å². The third kappa shape index (κ3) is 3.94. The molecule has 1 aliphatic heterocycles. The summed E-state index contributed by atoms with van der Waals surface area (Å²) in [5, 5.41) is 4.69. The van der Waals surface area contributed by atoms with Crippen molar-refractivity contribution in [3.63, 3.8) is 0 Å². The Morgan fingerprint density at radius 2 is 1.64 bits per heavy atom. The van der Waals surface area contributed by atoms with Gasteiger partial charge in [-0.2, -0.15) is 5.10 Å². The SMILES string of the molecule is O=C(c1cnn(-c2ncc3c(n2)-c2ccccc2CC3)c1C1CC1)N1CCN(C2CCCCC2)CC1. The minimum Gasteiger partial charge on any atom is -0.336 e. The number of hydrogen-bond donors (Lipinski definition) is 0. The van der Waals surface area contributed by atoms with E-state index in [4.69, 9.17) is 15.1 Å². The second kappa shape index (κ2) is 9.11. The monoisotopic (exact) mass is 482 g/mol. The smallest absolute Gasteiger partial charge is 0.257 e. The number of carbonyl (C=O) groups excluding carboxylic acids is 1. The Balaban J connectivity index is 1.15. The summed E-state index contributed by atoms with van der Waals surface area (Å²) in [4.78, 5) is 28.1. The first-order valence-electron chi connectivity index (χ1n) is 13.8. The zero-order valence-electron chi connectivity index (χ0n) is 20.9. The molecule has 36 heavy (non-hydrogen) atoms. The first-order valence-corrected chi connectivity index (χ1v) is 13.8. The van der Waals surface area contributed by atoms with Gasteiger partial charge in [0.05, 0.1) is 23.1 Å². The van der Waals surface area contributed by atoms with Crippen molar-refractivity contribution < 1.29 is 4.79 Å². The van der Waals surface area contributed by atoms with Gasteiger partial charge in [-0.15, -0.1) is 0 Å². The number of hydrogen-bond acceptors (Lipinski definition) is 5. The van der Waals surface area contributed by atoms with E-state index in [1.807, 2.05) is 15.8 Å². The van der Waals surface area contributed by atoms with Crippen LogP contribution in [0.1, 0.15) is 78.0 Å². The Morgan fingerprint density at radius 3 is 2.44 bits per heavy atom.